The lowest BCUT2D eigenvalue weighted by Gasteiger charge is -2.34. The van der Waals surface area contributed by atoms with Crippen molar-refractivity contribution >= 4 is 11.8 Å². The minimum atomic E-state index is -0.274. The van der Waals surface area contributed by atoms with E-state index in [0.717, 1.165) is 38.8 Å². The SMILES string of the molecule is COCCOCCNC(=O)c1cc(C(=O)NCCOCCOC)c2nc1CN[C@@H]1CCCC[C@H]1NCCN[C@@H]1CCCC[C@H]1NC2. The van der Waals surface area contributed by atoms with Crippen LogP contribution in [0.2, 0.25) is 0 Å². The van der Waals surface area contributed by atoms with Gasteiger partial charge in [-0.2, -0.15) is 0 Å². The number of rotatable bonds is 14. The van der Waals surface area contributed by atoms with E-state index in [1.807, 2.05) is 0 Å². The molecule has 2 amide bonds. The maximum atomic E-state index is 13.6. The van der Waals surface area contributed by atoms with Crippen LogP contribution in [-0.4, -0.2) is 121 Å². The number of ether oxygens (including phenoxy) is 4. The molecular weight excluding hydrogens is 590 g/mol. The highest BCUT2D eigenvalue weighted by molar-refractivity contribution is 6.00. The Kier molecular flexibility index (Phi) is 16.6. The summed E-state index contributed by atoms with van der Waals surface area (Å²) in [5.74, 6) is -0.548. The molecule has 1 aromatic heterocycles. The number of nitrogens with one attached hydrogen (secondary N) is 6. The fourth-order valence-electron chi connectivity index (χ4n) is 6.62. The second-order valence-electron chi connectivity index (χ2n) is 12.4. The molecule has 0 spiro atoms. The molecule has 0 aromatic carbocycles. The van der Waals surface area contributed by atoms with Gasteiger partial charge in [-0.05, 0) is 31.7 Å². The molecule has 2 heterocycles. The van der Waals surface area contributed by atoms with Crippen LogP contribution in [0.1, 0.15) is 83.5 Å². The van der Waals surface area contributed by atoms with Crippen molar-refractivity contribution in [2.75, 3.05) is 80.0 Å². The van der Waals surface area contributed by atoms with Gasteiger partial charge in [0, 0.05) is 77.7 Å². The van der Waals surface area contributed by atoms with Crippen molar-refractivity contribution in [3.8, 4) is 0 Å². The van der Waals surface area contributed by atoms with E-state index in [1.54, 1.807) is 20.3 Å². The van der Waals surface area contributed by atoms with E-state index >= 15 is 0 Å². The fourth-order valence-corrected chi connectivity index (χ4v) is 6.62. The quantitative estimate of drug-likeness (QED) is 0.159. The van der Waals surface area contributed by atoms with E-state index in [-0.39, 0.29) is 23.9 Å². The van der Waals surface area contributed by atoms with Gasteiger partial charge in [0.2, 0.25) is 0 Å². The summed E-state index contributed by atoms with van der Waals surface area (Å²) in [5, 5.41) is 21.0. The third kappa shape index (κ3) is 11.8. The zero-order valence-corrected chi connectivity index (χ0v) is 27.9. The van der Waals surface area contributed by atoms with E-state index in [9.17, 15) is 9.59 Å². The Hall–Kier alpha value is -2.23. The molecule has 1 aromatic rings. The molecule has 0 saturated heterocycles. The second kappa shape index (κ2) is 20.9. The number of hydrogen-bond donors (Lipinski definition) is 6. The van der Waals surface area contributed by atoms with Crippen molar-refractivity contribution in [3.05, 3.63) is 28.6 Å². The predicted molar refractivity (Wildman–Crippen MR) is 176 cm³/mol. The summed E-state index contributed by atoms with van der Waals surface area (Å²) in [4.78, 5) is 32.3. The lowest BCUT2D eigenvalue weighted by Crippen LogP contribution is -2.53. The maximum absolute atomic E-state index is 13.6. The topological polar surface area (TPSA) is 156 Å². The van der Waals surface area contributed by atoms with Crippen molar-refractivity contribution in [2.24, 2.45) is 0 Å². The van der Waals surface area contributed by atoms with E-state index < -0.39 is 0 Å². The Balaban J connectivity index is 1.59. The molecule has 13 heteroatoms. The van der Waals surface area contributed by atoms with Crippen LogP contribution < -0.4 is 31.9 Å². The molecule has 2 saturated carbocycles. The molecule has 6 N–H and O–H groups in total. The zero-order valence-electron chi connectivity index (χ0n) is 27.9. The smallest absolute Gasteiger partial charge is 0.253 e. The molecule has 2 aliphatic carbocycles. The van der Waals surface area contributed by atoms with Crippen LogP contribution in [0.25, 0.3) is 0 Å². The summed E-state index contributed by atoms with van der Waals surface area (Å²) in [5.41, 5.74) is 2.09. The van der Waals surface area contributed by atoms with Gasteiger partial charge < -0.3 is 50.8 Å². The molecule has 2 fully saturated rings. The number of fused-ring (bicyclic) bond motifs is 4. The Morgan fingerprint density at radius 3 is 1.48 bits per heavy atom. The number of carbonyl (C=O) groups is 2. The fraction of sp³-hybridized carbons (Fsp3) is 0.788. The summed E-state index contributed by atoms with van der Waals surface area (Å²) in [7, 11) is 3.25. The molecule has 4 atom stereocenters. The average molecular weight is 648 g/mol. The molecule has 260 valence electrons. The number of amides is 2. The highest BCUT2D eigenvalue weighted by Crippen LogP contribution is 2.22. The van der Waals surface area contributed by atoms with Gasteiger partial charge in [-0.3, -0.25) is 14.6 Å². The maximum Gasteiger partial charge on any atom is 0.253 e. The van der Waals surface area contributed by atoms with Crippen molar-refractivity contribution in [2.45, 2.75) is 88.6 Å². The molecule has 3 aliphatic rings. The van der Waals surface area contributed by atoms with Crippen LogP contribution in [0, 0.1) is 0 Å². The summed E-state index contributed by atoms with van der Waals surface area (Å²) >= 11 is 0. The average Bonchev–Trinajstić information content (AvgIpc) is 3.08. The lowest BCUT2D eigenvalue weighted by molar-refractivity contribution is 0.0691. The van der Waals surface area contributed by atoms with Gasteiger partial charge in [-0.25, -0.2) is 0 Å². The van der Waals surface area contributed by atoms with Gasteiger partial charge in [-0.15, -0.1) is 0 Å². The summed E-state index contributed by atoms with van der Waals surface area (Å²) in [6, 6.07) is 2.98. The molecule has 4 rings (SSSR count). The Labute approximate surface area is 274 Å². The number of aromatic nitrogens is 1. The Bertz CT molecular complexity index is 986. The molecule has 0 unspecified atom stereocenters. The van der Waals surface area contributed by atoms with E-state index in [0.29, 0.717) is 100 Å². The molecular formula is C33H57N7O6. The highest BCUT2D eigenvalue weighted by atomic mass is 16.5. The zero-order chi connectivity index (χ0) is 32.4. The van der Waals surface area contributed by atoms with Gasteiger partial charge in [0.1, 0.15) is 0 Å². The van der Waals surface area contributed by atoms with Crippen LogP contribution in [0.15, 0.2) is 6.07 Å². The van der Waals surface area contributed by atoms with Crippen LogP contribution >= 0.6 is 0 Å². The highest BCUT2D eigenvalue weighted by Gasteiger charge is 2.29. The molecule has 13 nitrogen and oxygen atoms in total. The van der Waals surface area contributed by atoms with Gasteiger partial charge in [0.05, 0.1) is 62.2 Å². The van der Waals surface area contributed by atoms with E-state index in [4.69, 9.17) is 23.9 Å². The second-order valence-corrected chi connectivity index (χ2v) is 12.4. The number of hydrogen-bond acceptors (Lipinski definition) is 11. The van der Waals surface area contributed by atoms with Crippen LogP contribution in [0.3, 0.4) is 0 Å². The first-order valence-electron chi connectivity index (χ1n) is 17.3. The number of nitrogens with zero attached hydrogens (tertiary/aromatic N) is 1. The van der Waals surface area contributed by atoms with Gasteiger partial charge in [-0.1, -0.05) is 25.7 Å². The molecule has 0 radical (unpaired) electrons. The van der Waals surface area contributed by atoms with Gasteiger partial charge in [0.25, 0.3) is 11.8 Å². The minimum absolute atomic E-state index is 0.274. The van der Waals surface area contributed by atoms with Crippen molar-refractivity contribution in [1.29, 1.82) is 0 Å². The third-order valence-electron chi connectivity index (χ3n) is 9.13. The van der Waals surface area contributed by atoms with Gasteiger partial charge >= 0.3 is 0 Å². The van der Waals surface area contributed by atoms with Crippen LogP contribution in [0.4, 0.5) is 0 Å². The molecule has 46 heavy (non-hydrogen) atoms. The predicted octanol–water partition coefficient (Wildman–Crippen LogP) is 0.862. The lowest BCUT2D eigenvalue weighted by atomic mass is 9.89. The van der Waals surface area contributed by atoms with Crippen LogP contribution in [-0.2, 0) is 32.0 Å². The Morgan fingerprint density at radius 2 is 1.07 bits per heavy atom. The van der Waals surface area contributed by atoms with Gasteiger partial charge in [0.15, 0.2) is 0 Å². The Morgan fingerprint density at radius 1 is 0.652 bits per heavy atom. The monoisotopic (exact) mass is 647 g/mol. The van der Waals surface area contributed by atoms with Crippen molar-refractivity contribution in [1.82, 2.24) is 36.9 Å². The molecule has 2 bridgehead atoms. The summed E-state index contributed by atoms with van der Waals surface area (Å²) in [6.45, 7) is 5.99. The molecule has 1 aliphatic heterocycles. The van der Waals surface area contributed by atoms with Crippen LogP contribution in [0.5, 0.6) is 0 Å². The number of pyridine rings is 1. The van der Waals surface area contributed by atoms with E-state index in [2.05, 4.69) is 31.9 Å². The largest absolute Gasteiger partial charge is 0.382 e. The first kappa shape index (κ1) is 36.6. The first-order valence-corrected chi connectivity index (χ1v) is 17.3. The normalized spacial score (nSPS) is 24.1. The van der Waals surface area contributed by atoms with Crippen molar-refractivity contribution in [3.63, 3.8) is 0 Å². The summed E-state index contributed by atoms with van der Waals surface area (Å²) < 4.78 is 21.1. The standard InChI is InChI=1S/C33H57N7O6/c1-43-17-19-45-15-13-36-32(41)24-21-25(33(42)37-14-16-46-20-18-44-2)31-23-39-29-10-6-4-8-27(29)35-12-11-34-26-7-3-5-9-28(26)38-22-30(24)40-31/h21,26-29,34-35,38-39H,3-20,22-23H2,1-2H3,(H,36,41)(H,37,42)/t26-,27-,28-,29-/m1/s1. The third-order valence-corrected chi connectivity index (χ3v) is 9.13. The number of carbonyl (C=O) groups excluding carboxylic acids is 2. The minimum Gasteiger partial charge on any atom is -0.382 e. The summed E-state index contributed by atoms with van der Waals surface area (Å²) in [6.07, 6.45) is 9.14. The first-order chi connectivity index (χ1) is 22.6. The van der Waals surface area contributed by atoms with E-state index in [1.165, 1.54) is 25.7 Å². The van der Waals surface area contributed by atoms with Crippen molar-refractivity contribution < 1.29 is 28.5 Å². The number of methoxy groups -OCH3 is 2.